The average Bonchev–Trinajstić information content (AvgIpc) is 2.86. The first-order valence-corrected chi connectivity index (χ1v) is 10.6. The van der Waals surface area contributed by atoms with Crippen LogP contribution in [0.3, 0.4) is 0 Å². The molecule has 0 fully saturated rings. The average molecular weight is 399 g/mol. The lowest BCUT2D eigenvalue weighted by Crippen LogP contribution is -2.33. The number of imidazole rings is 1. The largest absolute Gasteiger partial charge is 0.323 e. The van der Waals surface area contributed by atoms with Crippen molar-refractivity contribution in [2.24, 2.45) is 5.92 Å². The molecule has 1 aromatic carbocycles. The number of amides is 1. The lowest BCUT2D eigenvalue weighted by molar-refractivity contribution is -0.116. The third-order valence-electron chi connectivity index (χ3n) is 4.56. The molecule has 0 saturated heterocycles. The van der Waals surface area contributed by atoms with Gasteiger partial charge in [-0.25, -0.2) is 4.98 Å². The Morgan fingerprint density at radius 1 is 1.21 bits per heavy atom. The molecule has 0 saturated carbocycles. The molecular weight excluding hydrogens is 368 g/mol. The Balaban J connectivity index is 2.20. The van der Waals surface area contributed by atoms with Crippen molar-refractivity contribution in [1.29, 1.82) is 5.26 Å². The molecule has 0 N–H and O–H groups in total. The summed E-state index contributed by atoms with van der Waals surface area (Å²) in [7, 11) is 0. The topological polar surface area (TPSA) is 61.9 Å². The monoisotopic (exact) mass is 398 g/mol. The van der Waals surface area contributed by atoms with Gasteiger partial charge in [-0.15, -0.1) is 0 Å². The zero-order chi connectivity index (χ0) is 20.8. The second kappa shape index (κ2) is 9.79. The van der Waals surface area contributed by atoms with Gasteiger partial charge in [0.1, 0.15) is 0 Å². The number of aromatic nitrogens is 2. The van der Waals surface area contributed by atoms with E-state index in [0.717, 1.165) is 39.9 Å². The van der Waals surface area contributed by atoms with E-state index in [-0.39, 0.29) is 5.91 Å². The van der Waals surface area contributed by atoms with Crippen LogP contribution in [0.15, 0.2) is 23.4 Å². The second-order valence-electron chi connectivity index (χ2n) is 7.66. The standard InChI is InChI=1S/C22H30N4OS/c1-15(2)13-26-19(6)18(5)24-22(26)28-14-21(27)25(9-7-8-23)20-11-16(3)10-17(4)12-20/h10-12,15H,7,9,13-14H2,1-6H3. The molecule has 5 nitrogen and oxygen atoms in total. The highest BCUT2D eigenvalue weighted by molar-refractivity contribution is 7.99. The summed E-state index contributed by atoms with van der Waals surface area (Å²) in [6.07, 6.45) is 0.309. The third-order valence-corrected chi connectivity index (χ3v) is 5.52. The summed E-state index contributed by atoms with van der Waals surface area (Å²) in [5.74, 6) is 0.802. The Labute approximate surface area is 172 Å². The fourth-order valence-corrected chi connectivity index (χ4v) is 4.16. The summed E-state index contributed by atoms with van der Waals surface area (Å²) in [6, 6.07) is 8.23. The Morgan fingerprint density at radius 2 is 1.86 bits per heavy atom. The molecule has 0 aliphatic rings. The summed E-state index contributed by atoms with van der Waals surface area (Å²) in [5.41, 5.74) is 5.23. The smallest absolute Gasteiger partial charge is 0.237 e. The van der Waals surface area contributed by atoms with Crippen molar-refractivity contribution < 1.29 is 4.79 Å². The van der Waals surface area contributed by atoms with Crippen LogP contribution >= 0.6 is 11.8 Å². The highest BCUT2D eigenvalue weighted by atomic mass is 32.2. The van der Waals surface area contributed by atoms with Crippen LogP contribution in [0.25, 0.3) is 0 Å². The minimum Gasteiger partial charge on any atom is -0.323 e. The van der Waals surface area contributed by atoms with Gasteiger partial charge in [0.05, 0.1) is 23.9 Å². The van der Waals surface area contributed by atoms with Crippen LogP contribution in [0.5, 0.6) is 0 Å². The molecule has 2 aromatic rings. The van der Waals surface area contributed by atoms with Gasteiger partial charge < -0.3 is 9.47 Å². The number of carbonyl (C=O) groups is 1. The van der Waals surface area contributed by atoms with Crippen molar-refractivity contribution in [3.8, 4) is 6.07 Å². The van der Waals surface area contributed by atoms with Crippen molar-refractivity contribution in [1.82, 2.24) is 9.55 Å². The van der Waals surface area contributed by atoms with Gasteiger partial charge in [-0.2, -0.15) is 5.26 Å². The number of nitrogens with zero attached hydrogens (tertiary/aromatic N) is 4. The molecule has 0 unspecified atom stereocenters. The Morgan fingerprint density at radius 3 is 2.43 bits per heavy atom. The molecule has 0 spiro atoms. The maximum absolute atomic E-state index is 13.0. The highest BCUT2D eigenvalue weighted by Gasteiger charge is 2.19. The van der Waals surface area contributed by atoms with E-state index in [1.807, 2.05) is 32.9 Å². The first kappa shape index (κ1) is 22.0. The van der Waals surface area contributed by atoms with Gasteiger partial charge in [0.2, 0.25) is 5.91 Å². The van der Waals surface area contributed by atoms with Crippen LogP contribution < -0.4 is 4.90 Å². The summed E-state index contributed by atoms with van der Waals surface area (Å²) >= 11 is 1.47. The van der Waals surface area contributed by atoms with Crippen molar-refractivity contribution in [3.63, 3.8) is 0 Å². The molecule has 6 heteroatoms. The van der Waals surface area contributed by atoms with E-state index < -0.39 is 0 Å². The molecule has 0 radical (unpaired) electrons. The molecule has 1 amide bonds. The molecule has 1 heterocycles. The van der Waals surface area contributed by atoms with Crippen LogP contribution in [0.2, 0.25) is 0 Å². The van der Waals surface area contributed by atoms with Gasteiger partial charge >= 0.3 is 0 Å². The van der Waals surface area contributed by atoms with E-state index in [0.29, 0.717) is 24.6 Å². The van der Waals surface area contributed by atoms with Gasteiger partial charge in [0.15, 0.2) is 5.16 Å². The van der Waals surface area contributed by atoms with Gasteiger partial charge in [0.25, 0.3) is 0 Å². The molecule has 0 aliphatic heterocycles. The van der Waals surface area contributed by atoms with Crippen LogP contribution in [0.1, 0.15) is 42.8 Å². The Bertz CT molecular complexity index is 859. The second-order valence-corrected chi connectivity index (χ2v) is 8.60. The molecule has 2 rings (SSSR count). The fraction of sp³-hybridized carbons (Fsp3) is 0.500. The molecule has 1 aromatic heterocycles. The van der Waals surface area contributed by atoms with E-state index in [1.165, 1.54) is 11.8 Å². The number of thioether (sulfide) groups is 1. The fourth-order valence-electron chi connectivity index (χ4n) is 3.18. The molecule has 0 atom stereocenters. The molecule has 0 bridgehead atoms. The van der Waals surface area contributed by atoms with Gasteiger partial charge in [0, 0.05) is 24.5 Å². The molecule has 0 aliphatic carbocycles. The van der Waals surface area contributed by atoms with Crippen LogP contribution in [-0.2, 0) is 11.3 Å². The number of rotatable bonds is 8. The number of benzene rings is 1. The number of hydrogen-bond donors (Lipinski definition) is 0. The molecule has 28 heavy (non-hydrogen) atoms. The molecular formula is C22H30N4OS. The lowest BCUT2D eigenvalue weighted by atomic mass is 10.1. The zero-order valence-corrected chi connectivity index (χ0v) is 18.6. The normalized spacial score (nSPS) is 10.9. The van der Waals surface area contributed by atoms with Gasteiger partial charge in [-0.3, -0.25) is 4.79 Å². The van der Waals surface area contributed by atoms with E-state index in [9.17, 15) is 4.79 Å². The number of anilines is 1. The number of carbonyl (C=O) groups excluding carboxylic acids is 1. The first-order valence-electron chi connectivity index (χ1n) is 9.65. The van der Waals surface area contributed by atoms with E-state index in [1.54, 1.807) is 4.90 Å². The van der Waals surface area contributed by atoms with Crippen LogP contribution in [0.4, 0.5) is 5.69 Å². The van der Waals surface area contributed by atoms with E-state index >= 15 is 0 Å². The van der Waals surface area contributed by atoms with Crippen molar-refractivity contribution in [3.05, 3.63) is 40.7 Å². The lowest BCUT2D eigenvalue weighted by Gasteiger charge is -2.23. The number of nitriles is 1. The quantitative estimate of drug-likeness (QED) is 0.599. The maximum Gasteiger partial charge on any atom is 0.237 e. The van der Waals surface area contributed by atoms with Crippen LogP contribution in [-0.4, -0.2) is 27.8 Å². The Kier molecular flexibility index (Phi) is 7.70. The van der Waals surface area contributed by atoms with Crippen molar-refractivity contribution in [2.45, 2.75) is 59.7 Å². The van der Waals surface area contributed by atoms with Crippen molar-refractivity contribution in [2.75, 3.05) is 17.2 Å². The zero-order valence-electron chi connectivity index (χ0n) is 17.7. The molecule has 150 valence electrons. The number of aryl methyl sites for hydroxylation is 3. The number of hydrogen-bond acceptors (Lipinski definition) is 4. The van der Waals surface area contributed by atoms with Crippen molar-refractivity contribution >= 4 is 23.4 Å². The Hall–Kier alpha value is -2.26. The highest BCUT2D eigenvalue weighted by Crippen LogP contribution is 2.25. The summed E-state index contributed by atoms with van der Waals surface area (Å²) < 4.78 is 2.20. The summed E-state index contributed by atoms with van der Waals surface area (Å²) in [6.45, 7) is 13.8. The SMILES string of the molecule is Cc1cc(C)cc(N(CCC#N)C(=O)CSc2nc(C)c(C)n2CC(C)C)c1. The predicted molar refractivity (Wildman–Crippen MR) is 116 cm³/mol. The van der Waals surface area contributed by atoms with Gasteiger partial charge in [-0.05, 0) is 56.9 Å². The first-order chi connectivity index (χ1) is 13.2. The summed E-state index contributed by atoms with van der Waals surface area (Å²) in [5, 5.41) is 9.89. The van der Waals surface area contributed by atoms with Crippen LogP contribution in [0, 0.1) is 44.9 Å². The van der Waals surface area contributed by atoms with Gasteiger partial charge in [-0.1, -0.05) is 31.7 Å². The maximum atomic E-state index is 13.0. The van der Waals surface area contributed by atoms with E-state index in [4.69, 9.17) is 5.26 Å². The van der Waals surface area contributed by atoms with E-state index in [2.05, 4.69) is 42.5 Å². The minimum atomic E-state index is -0.000321. The predicted octanol–water partition coefficient (Wildman–Crippen LogP) is 4.81. The minimum absolute atomic E-state index is 0.000321. The third kappa shape index (κ3) is 5.62. The summed E-state index contributed by atoms with van der Waals surface area (Å²) in [4.78, 5) is 19.4.